The molecule has 0 bridgehead atoms. The highest BCUT2D eigenvalue weighted by Gasteiger charge is 2.29. The number of carbonyl (C=O) groups excluding carboxylic acids is 3. The van der Waals surface area contributed by atoms with Gasteiger partial charge in [-0.3, -0.25) is 0 Å². The second-order valence-electron chi connectivity index (χ2n) is 6.04. The van der Waals surface area contributed by atoms with Crippen molar-refractivity contribution in [2.24, 2.45) is 0 Å². The molecular weight excluding hydrogens is 386 g/mol. The first-order valence-electron chi connectivity index (χ1n) is 8.98. The zero-order valence-corrected chi connectivity index (χ0v) is 16.4. The molecule has 0 aliphatic carbocycles. The number of para-hydroxylation sites is 2. The summed E-state index contributed by atoms with van der Waals surface area (Å²) in [4.78, 5) is 39.2. The van der Waals surface area contributed by atoms with Crippen LogP contribution in [-0.2, 0) is 19.1 Å². The van der Waals surface area contributed by atoms with E-state index < -0.39 is 17.9 Å². The average molecular weight is 405 g/mol. The van der Waals surface area contributed by atoms with Crippen molar-refractivity contribution in [3.63, 3.8) is 0 Å². The summed E-state index contributed by atoms with van der Waals surface area (Å²) < 4.78 is 15.1. The van der Waals surface area contributed by atoms with Gasteiger partial charge in [0, 0.05) is 6.20 Å². The Bertz CT molecular complexity index is 1050. The SMILES string of the molecule is COC(=O)C1=C(C(=O)OC)N(c2ccccc2C(=O)Oc2ccccc2)C=CC=C1. The molecule has 152 valence electrons. The molecule has 0 N–H and O–H groups in total. The fourth-order valence-electron chi connectivity index (χ4n) is 2.86. The van der Waals surface area contributed by atoms with Gasteiger partial charge >= 0.3 is 17.9 Å². The summed E-state index contributed by atoms with van der Waals surface area (Å²) in [7, 11) is 2.42. The molecule has 0 radical (unpaired) electrons. The van der Waals surface area contributed by atoms with Crippen molar-refractivity contribution in [3.8, 4) is 5.75 Å². The van der Waals surface area contributed by atoms with E-state index in [-0.39, 0.29) is 16.8 Å². The maximum absolute atomic E-state index is 12.9. The molecule has 7 heteroatoms. The Labute approximate surface area is 173 Å². The van der Waals surface area contributed by atoms with Gasteiger partial charge < -0.3 is 19.1 Å². The lowest BCUT2D eigenvalue weighted by molar-refractivity contribution is -0.139. The van der Waals surface area contributed by atoms with Crippen LogP contribution in [0.4, 0.5) is 5.69 Å². The van der Waals surface area contributed by atoms with Crippen LogP contribution in [0.3, 0.4) is 0 Å². The van der Waals surface area contributed by atoms with Crippen molar-refractivity contribution < 1.29 is 28.6 Å². The summed E-state index contributed by atoms with van der Waals surface area (Å²) in [6, 6.07) is 15.2. The maximum atomic E-state index is 12.9. The largest absolute Gasteiger partial charge is 0.465 e. The first kappa shape index (κ1) is 20.6. The highest BCUT2D eigenvalue weighted by molar-refractivity contribution is 6.07. The van der Waals surface area contributed by atoms with E-state index in [1.165, 1.54) is 25.2 Å². The number of benzene rings is 2. The average Bonchev–Trinajstić information content (AvgIpc) is 3.01. The normalized spacial score (nSPS) is 12.9. The fraction of sp³-hybridized carbons (Fsp3) is 0.0870. The van der Waals surface area contributed by atoms with Crippen molar-refractivity contribution >= 4 is 23.6 Å². The number of esters is 3. The molecule has 2 aromatic rings. The molecule has 0 unspecified atom stereocenters. The summed E-state index contributed by atoms with van der Waals surface area (Å²) in [5, 5.41) is 0. The second kappa shape index (κ2) is 9.38. The quantitative estimate of drug-likeness (QED) is 0.557. The van der Waals surface area contributed by atoms with Crippen LogP contribution in [0.1, 0.15) is 10.4 Å². The van der Waals surface area contributed by atoms with Gasteiger partial charge in [0.1, 0.15) is 11.4 Å². The van der Waals surface area contributed by atoms with Gasteiger partial charge in [-0.1, -0.05) is 36.4 Å². The van der Waals surface area contributed by atoms with Crippen LogP contribution in [-0.4, -0.2) is 32.1 Å². The van der Waals surface area contributed by atoms with E-state index in [0.717, 1.165) is 0 Å². The molecule has 0 atom stereocenters. The molecular formula is C23H19NO6. The number of allylic oxidation sites excluding steroid dienone is 2. The second-order valence-corrected chi connectivity index (χ2v) is 6.04. The van der Waals surface area contributed by atoms with Crippen LogP contribution in [0, 0.1) is 0 Å². The van der Waals surface area contributed by atoms with E-state index in [0.29, 0.717) is 11.4 Å². The van der Waals surface area contributed by atoms with Crippen molar-refractivity contribution in [3.05, 3.63) is 95.9 Å². The summed E-state index contributed by atoms with van der Waals surface area (Å²) in [5.74, 6) is -1.72. The molecule has 1 heterocycles. The number of carbonyl (C=O) groups is 3. The lowest BCUT2D eigenvalue weighted by Crippen LogP contribution is -2.28. The Morgan fingerprint density at radius 2 is 1.43 bits per heavy atom. The van der Waals surface area contributed by atoms with Crippen molar-refractivity contribution in [2.75, 3.05) is 19.1 Å². The fourth-order valence-corrected chi connectivity index (χ4v) is 2.86. The monoisotopic (exact) mass is 405 g/mol. The maximum Gasteiger partial charge on any atom is 0.355 e. The van der Waals surface area contributed by atoms with Crippen LogP contribution >= 0.6 is 0 Å². The van der Waals surface area contributed by atoms with E-state index in [1.54, 1.807) is 66.9 Å². The summed E-state index contributed by atoms with van der Waals surface area (Å²) >= 11 is 0. The highest BCUT2D eigenvalue weighted by Crippen LogP contribution is 2.30. The third kappa shape index (κ3) is 4.30. The molecule has 2 aromatic carbocycles. The van der Waals surface area contributed by atoms with Crippen molar-refractivity contribution in [1.29, 1.82) is 0 Å². The number of ether oxygens (including phenoxy) is 3. The first-order valence-corrected chi connectivity index (χ1v) is 8.98. The number of rotatable bonds is 5. The molecule has 7 nitrogen and oxygen atoms in total. The minimum absolute atomic E-state index is 0.0134. The number of hydrogen-bond acceptors (Lipinski definition) is 7. The van der Waals surface area contributed by atoms with Crippen LogP contribution < -0.4 is 9.64 Å². The molecule has 3 rings (SSSR count). The smallest absolute Gasteiger partial charge is 0.355 e. The topological polar surface area (TPSA) is 82.1 Å². The minimum atomic E-state index is -0.766. The molecule has 1 aliphatic rings. The summed E-state index contributed by atoms with van der Waals surface area (Å²) in [6.45, 7) is 0. The van der Waals surface area contributed by atoms with Crippen molar-refractivity contribution in [2.45, 2.75) is 0 Å². The van der Waals surface area contributed by atoms with Gasteiger partial charge in [0.2, 0.25) is 0 Å². The van der Waals surface area contributed by atoms with Gasteiger partial charge in [0.05, 0.1) is 31.0 Å². The molecule has 0 amide bonds. The molecule has 1 aliphatic heterocycles. The molecule has 0 saturated heterocycles. The Morgan fingerprint density at radius 3 is 2.13 bits per heavy atom. The first-order chi connectivity index (χ1) is 14.6. The van der Waals surface area contributed by atoms with Gasteiger partial charge in [-0.05, 0) is 36.4 Å². The zero-order chi connectivity index (χ0) is 21.5. The summed E-state index contributed by atoms with van der Waals surface area (Å²) in [5.41, 5.74) is 0.425. The molecule has 30 heavy (non-hydrogen) atoms. The standard InChI is InChI=1S/C23H19NO6/c1-28-21(25)18-13-8-9-15-24(20(18)23(27)29-2)19-14-7-6-12-17(19)22(26)30-16-10-4-3-5-11-16/h3-15H,1-2H3. The Hall–Kier alpha value is -4.13. The van der Waals surface area contributed by atoms with E-state index in [9.17, 15) is 14.4 Å². The highest BCUT2D eigenvalue weighted by atomic mass is 16.5. The summed E-state index contributed by atoms with van der Waals surface area (Å²) in [6.07, 6.45) is 6.20. The predicted octanol–water partition coefficient (Wildman–Crippen LogP) is 3.40. The van der Waals surface area contributed by atoms with Gasteiger partial charge in [0.15, 0.2) is 0 Å². The van der Waals surface area contributed by atoms with Crippen LogP contribution in [0.15, 0.2) is 90.3 Å². The number of nitrogens with zero attached hydrogens (tertiary/aromatic N) is 1. The molecule has 0 fully saturated rings. The number of hydrogen-bond donors (Lipinski definition) is 0. The number of anilines is 1. The Morgan fingerprint density at radius 1 is 0.767 bits per heavy atom. The lowest BCUT2D eigenvalue weighted by atomic mass is 10.1. The zero-order valence-electron chi connectivity index (χ0n) is 16.4. The van der Waals surface area contributed by atoms with Crippen molar-refractivity contribution in [1.82, 2.24) is 0 Å². The minimum Gasteiger partial charge on any atom is -0.465 e. The van der Waals surface area contributed by atoms with Gasteiger partial charge in [-0.2, -0.15) is 0 Å². The van der Waals surface area contributed by atoms with E-state index in [4.69, 9.17) is 14.2 Å². The Balaban J connectivity index is 2.10. The molecule has 0 saturated carbocycles. The third-order valence-corrected chi connectivity index (χ3v) is 4.23. The van der Waals surface area contributed by atoms with E-state index >= 15 is 0 Å². The van der Waals surface area contributed by atoms with Gasteiger partial charge in [0.25, 0.3) is 0 Å². The lowest BCUT2D eigenvalue weighted by Gasteiger charge is -2.24. The predicted molar refractivity (Wildman–Crippen MR) is 110 cm³/mol. The van der Waals surface area contributed by atoms with E-state index in [1.807, 2.05) is 6.07 Å². The van der Waals surface area contributed by atoms with Gasteiger partial charge in [-0.15, -0.1) is 0 Å². The van der Waals surface area contributed by atoms with Crippen LogP contribution in [0.5, 0.6) is 5.75 Å². The van der Waals surface area contributed by atoms with E-state index in [2.05, 4.69) is 0 Å². The van der Waals surface area contributed by atoms with Crippen LogP contribution in [0.2, 0.25) is 0 Å². The third-order valence-electron chi connectivity index (χ3n) is 4.23. The number of methoxy groups -OCH3 is 2. The van der Waals surface area contributed by atoms with Crippen LogP contribution in [0.25, 0.3) is 0 Å². The Kier molecular flexibility index (Phi) is 6.44. The molecule has 0 spiro atoms. The molecule has 0 aromatic heterocycles. The van der Waals surface area contributed by atoms with Gasteiger partial charge in [-0.25, -0.2) is 14.4 Å².